The first-order chi connectivity index (χ1) is 20.1. The van der Waals surface area contributed by atoms with Crippen molar-refractivity contribution >= 4 is 35.0 Å². The lowest BCUT2D eigenvalue weighted by molar-refractivity contribution is -0.139. The van der Waals surface area contributed by atoms with Crippen LogP contribution in [0.4, 0.5) is 4.39 Å². The van der Waals surface area contributed by atoms with Gasteiger partial charge < -0.3 is 14.0 Å². The Morgan fingerprint density at radius 2 is 1.90 bits per heavy atom. The minimum absolute atomic E-state index is 0.0305. The first-order valence-electron chi connectivity index (χ1n) is 13.3. The molecule has 0 N–H and O–H groups in total. The van der Waals surface area contributed by atoms with Crippen molar-refractivity contribution in [3.05, 3.63) is 125 Å². The van der Waals surface area contributed by atoms with E-state index in [-0.39, 0.29) is 17.2 Å². The molecule has 2 aromatic carbocycles. The van der Waals surface area contributed by atoms with Crippen molar-refractivity contribution in [2.24, 2.45) is 4.99 Å². The fraction of sp³-hybridized carbons (Fsp3) is 0.219. The molecule has 5 rings (SSSR count). The van der Waals surface area contributed by atoms with Crippen LogP contribution in [0.5, 0.6) is 5.75 Å². The maximum absolute atomic E-state index is 14.0. The van der Waals surface area contributed by atoms with Crippen LogP contribution in [-0.4, -0.2) is 28.3 Å². The Morgan fingerprint density at radius 3 is 2.57 bits per heavy atom. The zero-order valence-electron chi connectivity index (χ0n) is 23.6. The van der Waals surface area contributed by atoms with Crippen molar-refractivity contribution in [3.63, 3.8) is 0 Å². The summed E-state index contributed by atoms with van der Waals surface area (Å²) in [5.74, 6) is -0.371. The van der Waals surface area contributed by atoms with E-state index in [9.17, 15) is 14.0 Å². The number of rotatable bonds is 8. The van der Waals surface area contributed by atoms with Crippen LogP contribution in [0.3, 0.4) is 0 Å². The summed E-state index contributed by atoms with van der Waals surface area (Å²) >= 11 is 7.30. The zero-order valence-corrected chi connectivity index (χ0v) is 25.2. The number of fused-ring (bicyclic) bond motifs is 1. The first-order valence-corrected chi connectivity index (χ1v) is 14.5. The molecular weight excluding hydrogens is 577 g/mol. The molecule has 0 saturated heterocycles. The monoisotopic (exact) mass is 605 g/mol. The third-order valence-electron chi connectivity index (χ3n) is 7.00. The van der Waals surface area contributed by atoms with Gasteiger partial charge in [0.15, 0.2) is 4.80 Å². The van der Waals surface area contributed by atoms with Gasteiger partial charge in [-0.05, 0) is 81.3 Å². The van der Waals surface area contributed by atoms with E-state index in [1.807, 2.05) is 42.7 Å². The van der Waals surface area contributed by atoms with Crippen molar-refractivity contribution in [2.75, 3.05) is 13.2 Å². The summed E-state index contributed by atoms with van der Waals surface area (Å²) in [4.78, 5) is 32.3. The van der Waals surface area contributed by atoms with Crippen molar-refractivity contribution in [1.82, 2.24) is 9.13 Å². The number of carbonyl (C=O) groups excluding carboxylic acids is 1. The lowest BCUT2D eigenvalue weighted by Crippen LogP contribution is -2.39. The summed E-state index contributed by atoms with van der Waals surface area (Å²) in [6.45, 7) is 11.6. The van der Waals surface area contributed by atoms with Gasteiger partial charge in [-0.1, -0.05) is 47.7 Å². The van der Waals surface area contributed by atoms with Gasteiger partial charge in [0, 0.05) is 17.1 Å². The Bertz CT molecular complexity index is 1920. The Kier molecular flexibility index (Phi) is 8.34. The van der Waals surface area contributed by atoms with Crippen molar-refractivity contribution in [2.45, 2.75) is 33.7 Å². The van der Waals surface area contributed by atoms with Crippen LogP contribution in [0.1, 0.15) is 42.4 Å². The summed E-state index contributed by atoms with van der Waals surface area (Å²) in [6.07, 6.45) is 3.48. The van der Waals surface area contributed by atoms with Gasteiger partial charge in [0.1, 0.15) is 18.2 Å². The van der Waals surface area contributed by atoms with E-state index in [1.165, 1.54) is 17.4 Å². The lowest BCUT2D eigenvalue weighted by atomic mass is 9.96. The minimum Gasteiger partial charge on any atom is -0.490 e. The SMILES string of the molecule is C=CCOc1ccc([C@@H]2C(C(=O)OCC)=C(C)N=c3s/c(=C/c4cc(C)n(-c5ccc(F)c(Cl)c5)c4C)c(=O)n32)cc1. The van der Waals surface area contributed by atoms with Gasteiger partial charge in [-0.25, -0.2) is 14.2 Å². The summed E-state index contributed by atoms with van der Waals surface area (Å²) in [6, 6.07) is 13.0. The smallest absolute Gasteiger partial charge is 0.338 e. The van der Waals surface area contributed by atoms with Gasteiger partial charge in [-0.3, -0.25) is 9.36 Å². The van der Waals surface area contributed by atoms with E-state index in [0.29, 0.717) is 38.6 Å². The lowest BCUT2D eigenvalue weighted by Gasteiger charge is -2.24. The van der Waals surface area contributed by atoms with E-state index >= 15 is 0 Å². The minimum atomic E-state index is -0.732. The van der Waals surface area contributed by atoms with Crippen LogP contribution in [0.2, 0.25) is 5.02 Å². The molecule has 1 aliphatic heterocycles. The molecule has 42 heavy (non-hydrogen) atoms. The molecule has 0 aliphatic carbocycles. The number of hydrogen-bond acceptors (Lipinski definition) is 6. The summed E-state index contributed by atoms with van der Waals surface area (Å²) in [7, 11) is 0. The number of halogens is 2. The van der Waals surface area contributed by atoms with Crippen LogP contribution in [-0.2, 0) is 9.53 Å². The molecule has 0 fully saturated rings. The van der Waals surface area contributed by atoms with E-state index in [1.54, 1.807) is 48.8 Å². The quantitative estimate of drug-likeness (QED) is 0.195. The van der Waals surface area contributed by atoms with E-state index in [0.717, 1.165) is 22.5 Å². The number of allylic oxidation sites excluding steroid dienone is 1. The molecule has 0 unspecified atom stereocenters. The molecule has 2 aromatic heterocycles. The van der Waals surface area contributed by atoms with Crippen LogP contribution >= 0.6 is 22.9 Å². The van der Waals surface area contributed by atoms with Gasteiger partial charge >= 0.3 is 5.97 Å². The van der Waals surface area contributed by atoms with Crippen LogP contribution in [0.15, 0.2) is 82.2 Å². The van der Waals surface area contributed by atoms with Gasteiger partial charge in [-0.2, -0.15) is 0 Å². The molecular formula is C32H29ClFN3O4S. The summed E-state index contributed by atoms with van der Waals surface area (Å²) in [5, 5.41) is 0.0305. The predicted octanol–water partition coefficient (Wildman–Crippen LogP) is 5.56. The third-order valence-corrected chi connectivity index (χ3v) is 8.27. The molecule has 0 radical (unpaired) electrons. The number of aromatic nitrogens is 2. The molecule has 10 heteroatoms. The average Bonchev–Trinajstić information content (AvgIpc) is 3.42. The van der Waals surface area contributed by atoms with E-state index in [2.05, 4.69) is 11.6 Å². The first kappa shape index (κ1) is 29.3. The van der Waals surface area contributed by atoms with E-state index in [4.69, 9.17) is 21.1 Å². The number of carbonyl (C=O) groups is 1. The maximum Gasteiger partial charge on any atom is 0.338 e. The number of ether oxygens (including phenoxy) is 2. The average molecular weight is 606 g/mol. The number of esters is 1. The summed E-state index contributed by atoms with van der Waals surface area (Å²) in [5.41, 5.74) is 4.53. The van der Waals surface area contributed by atoms with Crippen molar-refractivity contribution < 1.29 is 18.7 Å². The van der Waals surface area contributed by atoms with Crippen molar-refractivity contribution in [1.29, 1.82) is 0 Å². The second-order valence-corrected chi connectivity index (χ2v) is 11.1. The van der Waals surface area contributed by atoms with E-state index < -0.39 is 17.8 Å². The molecule has 4 aromatic rings. The molecule has 216 valence electrons. The summed E-state index contributed by atoms with van der Waals surface area (Å²) < 4.78 is 28.8. The Morgan fingerprint density at radius 1 is 1.17 bits per heavy atom. The number of thiazole rings is 1. The maximum atomic E-state index is 14.0. The fourth-order valence-electron chi connectivity index (χ4n) is 5.10. The molecule has 7 nitrogen and oxygen atoms in total. The number of hydrogen-bond donors (Lipinski definition) is 0. The molecule has 1 aliphatic rings. The standard InChI is InChI=1S/C32H29ClFN3O4S/c1-6-14-41-24-11-8-21(9-12-24)29-28(31(39)40-7-2)19(4)35-32-37(29)30(38)27(42-32)16-22-15-18(3)36(20(22)5)23-10-13-26(34)25(33)17-23/h6,8-13,15-17,29H,1,7,14H2,2-5H3/b27-16+/t29-/m1/s1. The highest BCUT2D eigenvalue weighted by Gasteiger charge is 2.33. The number of benzene rings is 2. The second kappa shape index (κ2) is 12.0. The largest absolute Gasteiger partial charge is 0.490 e. The van der Waals surface area contributed by atoms with Gasteiger partial charge in [0.2, 0.25) is 0 Å². The highest BCUT2D eigenvalue weighted by atomic mass is 35.5. The van der Waals surface area contributed by atoms with Crippen LogP contribution in [0.25, 0.3) is 11.8 Å². The van der Waals surface area contributed by atoms with Gasteiger partial charge in [0.25, 0.3) is 5.56 Å². The topological polar surface area (TPSA) is 74.8 Å². The predicted molar refractivity (Wildman–Crippen MR) is 163 cm³/mol. The molecule has 0 bridgehead atoms. The zero-order chi connectivity index (χ0) is 30.1. The third kappa shape index (κ3) is 5.37. The number of aryl methyl sites for hydroxylation is 1. The fourth-order valence-corrected chi connectivity index (χ4v) is 6.32. The molecule has 0 spiro atoms. The Balaban J connectivity index is 1.65. The highest BCUT2D eigenvalue weighted by molar-refractivity contribution is 7.07. The Hall–Kier alpha value is -4.21. The molecule has 0 amide bonds. The van der Waals surface area contributed by atoms with Gasteiger partial charge in [0.05, 0.1) is 33.5 Å². The van der Waals surface area contributed by atoms with Crippen LogP contribution in [0, 0.1) is 19.7 Å². The normalized spacial score (nSPS) is 14.9. The second-order valence-electron chi connectivity index (χ2n) is 9.73. The highest BCUT2D eigenvalue weighted by Crippen LogP contribution is 2.32. The number of nitrogens with zero attached hydrogens (tertiary/aromatic N) is 3. The Labute approximate surface area is 251 Å². The molecule has 0 saturated carbocycles. The molecule has 3 heterocycles. The van der Waals surface area contributed by atoms with Crippen LogP contribution < -0.4 is 19.6 Å². The van der Waals surface area contributed by atoms with Gasteiger partial charge in [-0.15, -0.1) is 0 Å². The van der Waals surface area contributed by atoms with Crippen molar-refractivity contribution in [3.8, 4) is 11.4 Å². The molecule has 1 atom stereocenters.